The van der Waals surface area contributed by atoms with Gasteiger partial charge in [-0.25, -0.2) is 0 Å². The molecule has 0 amide bonds. The summed E-state index contributed by atoms with van der Waals surface area (Å²) in [6.45, 7) is 37.4. The van der Waals surface area contributed by atoms with Crippen LogP contribution in [0.4, 0.5) is 0 Å². The molecule has 15 heteroatoms. The lowest BCUT2D eigenvalue weighted by Gasteiger charge is -2.39. The van der Waals surface area contributed by atoms with E-state index in [1.807, 2.05) is 6.92 Å². The fourth-order valence-electron chi connectivity index (χ4n) is 3.39. The van der Waals surface area contributed by atoms with Crippen molar-refractivity contribution in [2.45, 2.75) is 78.5 Å². The summed E-state index contributed by atoms with van der Waals surface area (Å²) in [5.41, 5.74) is 0. The Morgan fingerprint density at radius 1 is 0.667 bits per heavy atom. The smallest absolute Gasteiger partial charge is 0.312 e. The Balaban J connectivity index is -0.000000679. The number of hydrogen-bond acceptors (Lipinski definition) is 11. The molecule has 1 atom stereocenters. The van der Waals surface area contributed by atoms with Crippen LogP contribution in [0.15, 0.2) is 38.2 Å². The van der Waals surface area contributed by atoms with Gasteiger partial charge >= 0.3 is 17.1 Å². The Labute approximate surface area is 260 Å². The largest absolute Gasteiger partial charge is 0.516 e. The molecule has 0 fully saturated rings. The Bertz CT molecular complexity index is 656. The first-order valence-electron chi connectivity index (χ1n) is 14.2. The average molecular weight is 675 g/mol. The highest BCUT2D eigenvalue weighted by Crippen LogP contribution is 2.23. The van der Waals surface area contributed by atoms with E-state index >= 15 is 0 Å². The van der Waals surface area contributed by atoms with Crippen LogP contribution >= 0.6 is 0 Å². The zero-order chi connectivity index (χ0) is 33.3. The molecule has 0 aliphatic carbocycles. The number of ether oxygens (including phenoxy) is 6. The van der Waals surface area contributed by atoms with Gasteiger partial charge in [-0.15, -0.1) is 0 Å². The maximum Gasteiger partial charge on any atom is 0.312 e. The first-order valence-corrected chi connectivity index (χ1v) is 26.6. The molecule has 0 aliphatic heterocycles. The van der Waals surface area contributed by atoms with Crippen LogP contribution in [0.25, 0.3) is 0 Å². The number of aliphatic hydroxyl groups is 2. The van der Waals surface area contributed by atoms with E-state index in [4.69, 9.17) is 45.9 Å². The van der Waals surface area contributed by atoms with Crippen LogP contribution in [0.2, 0.25) is 65.5 Å². The molecule has 0 aromatic rings. The molecule has 0 saturated heterocycles. The zero-order valence-electron chi connectivity index (χ0n) is 28.3. The molecule has 252 valence electrons. The van der Waals surface area contributed by atoms with Gasteiger partial charge in [-0.3, -0.25) is 0 Å². The van der Waals surface area contributed by atoms with Gasteiger partial charge < -0.3 is 51.0 Å². The standard InChI is InChI=1S/C15H28O7.C10H30O3Si4.C2H4O/c1-4-17-6-7-18-8-9-19-10-11-20-12-15(16)13-22-14(3)21-5-2;1-14(2,3)11-16(7,8)13-17(9,10)12-15(4,5)6;1-2-3/h5,15-16H,2-4,6-13H2,1H3;1-10H3;2-3H,1H2. The third kappa shape index (κ3) is 39.2. The van der Waals surface area contributed by atoms with Gasteiger partial charge in [-0.1, -0.05) is 13.2 Å². The van der Waals surface area contributed by atoms with E-state index in [1.54, 1.807) is 0 Å². The second kappa shape index (κ2) is 25.5. The summed E-state index contributed by atoms with van der Waals surface area (Å²) in [4.78, 5) is 0. The minimum Gasteiger partial charge on any atom is -0.516 e. The number of rotatable bonds is 23. The molecule has 0 aliphatic rings. The van der Waals surface area contributed by atoms with Gasteiger partial charge in [0.1, 0.15) is 12.7 Å². The van der Waals surface area contributed by atoms with Crippen LogP contribution in [-0.2, 0) is 40.8 Å². The molecule has 0 aromatic carbocycles. The highest BCUT2D eigenvalue weighted by atomic mass is 28.5. The second-order valence-corrected chi connectivity index (χ2v) is 28.1. The normalized spacial score (nSPS) is 12.7. The monoisotopic (exact) mass is 674 g/mol. The van der Waals surface area contributed by atoms with E-state index in [-0.39, 0.29) is 19.2 Å². The molecule has 0 saturated carbocycles. The van der Waals surface area contributed by atoms with Crippen LogP contribution in [0, 0.1) is 0 Å². The molecule has 42 heavy (non-hydrogen) atoms. The van der Waals surface area contributed by atoms with Gasteiger partial charge in [0.15, 0.2) is 16.6 Å². The Kier molecular flexibility index (Phi) is 27.7. The summed E-state index contributed by atoms with van der Waals surface area (Å²) in [7, 11) is -7.18. The minimum atomic E-state index is -2.05. The van der Waals surface area contributed by atoms with E-state index in [9.17, 15) is 5.11 Å². The number of aliphatic hydroxyl groups excluding tert-OH is 2. The molecule has 0 rings (SSSR count). The predicted molar refractivity (Wildman–Crippen MR) is 179 cm³/mol. The zero-order valence-corrected chi connectivity index (χ0v) is 32.3. The van der Waals surface area contributed by atoms with Crippen molar-refractivity contribution >= 4 is 33.8 Å². The van der Waals surface area contributed by atoms with Gasteiger partial charge in [0.25, 0.3) is 5.95 Å². The molecule has 0 aromatic heterocycles. The van der Waals surface area contributed by atoms with E-state index < -0.39 is 39.9 Å². The van der Waals surface area contributed by atoms with E-state index in [0.29, 0.717) is 46.2 Å². The molecule has 0 bridgehead atoms. The van der Waals surface area contributed by atoms with E-state index in [0.717, 1.165) is 6.26 Å². The van der Waals surface area contributed by atoms with Crippen LogP contribution in [0.3, 0.4) is 0 Å². The second-order valence-electron chi connectivity index (χ2n) is 11.6. The van der Waals surface area contributed by atoms with Gasteiger partial charge in [-0.2, -0.15) is 0 Å². The third-order valence-electron chi connectivity index (χ3n) is 3.88. The first kappa shape index (κ1) is 45.6. The summed E-state index contributed by atoms with van der Waals surface area (Å²) >= 11 is 0. The van der Waals surface area contributed by atoms with Crippen molar-refractivity contribution in [2.24, 2.45) is 0 Å². The molecular weight excluding hydrogens is 613 g/mol. The van der Waals surface area contributed by atoms with Gasteiger partial charge in [0.2, 0.25) is 0 Å². The fraction of sp³-hybridized carbons (Fsp3) is 0.778. The highest BCUT2D eigenvalue weighted by molar-refractivity contribution is 6.89. The van der Waals surface area contributed by atoms with Gasteiger partial charge in [0.05, 0.1) is 58.8 Å². The lowest BCUT2D eigenvalue weighted by Crippen LogP contribution is -2.55. The Morgan fingerprint density at radius 3 is 1.40 bits per heavy atom. The van der Waals surface area contributed by atoms with Crippen LogP contribution in [0.5, 0.6) is 0 Å². The summed E-state index contributed by atoms with van der Waals surface area (Å²) in [6.07, 6.45) is 1.19. The van der Waals surface area contributed by atoms with Crippen molar-refractivity contribution in [3.8, 4) is 0 Å². The first-order chi connectivity index (χ1) is 19.2. The third-order valence-corrected chi connectivity index (χ3v) is 16.6. The predicted octanol–water partition coefficient (Wildman–Crippen LogP) is 5.88. The topological polar surface area (TPSA) is 124 Å². The van der Waals surface area contributed by atoms with Crippen molar-refractivity contribution in [2.75, 3.05) is 59.5 Å². The molecule has 0 heterocycles. The summed E-state index contributed by atoms with van der Waals surface area (Å²) in [5, 5.41) is 16.9. The summed E-state index contributed by atoms with van der Waals surface area (Å²) in [6, 6.07) is 0. The van der Waals surface area contributed by atoms with Crippen molar-refractivity contribution < 1.29 is 51.0 Å². The molecule has 1 unspecified atom stereocenters. The molecular formula is C27H62O11Si4. The van der Waals surface area contributed by atoms with Gasteiger partial charge in [-0.05, 0) is 79.0 Å². The van der Waals surface area contributed by atoms with E-state index in [2.05, 4.69) is 85.2 Å². The van der Waals surface area contributed by atoms with Crippen molar-refractivity contribution in [3.63, 3.8) is 0 Å². The molecule has 0 radical (unpaired) electrons. The van der Waals surface area contributed by atoms with Crippen LogP contribution in [-0.4, -0.2) is 110 Å². The lowest BCUT2D eigenvalue weighted by atomic mass is 10.4. The van der Waals surface area contributed by atoms with Crippen molar-refractivity contribution in [3.05, 3.63) is 38.2 Å². The van der Waals surface area contributed by atoms with Crippen LogP contribution < -0.4 is 0 Å². The Morgan fingerprint density at radius 2 is 1.05 bits per heavy atom. The number of hydrogen-bond donors (Lipinski definition) is 2. The quantitative estimate of drug-likeness (QED) is 0.0768. The van der Waals surface area contributed by atoms with Crippen LogP contribution in [0.1, 0.15) is 6.92 Å². The lowest BCUT2D eigenvalue weighted by molar-refractivity contribution is -0.0408. The fourth-order valence-corrected chi connectivity index (χ4v) is 21.0. The maximum absolute atomic E-state index is 9.56. The van der Waals surface area contributed by atoms with Crippen molar-refractivity contribution in [1.82, 2.24) is 0 Å². The minimum absolute atomic E-state index is 0.0429. The van der Waals surface area contributed by atoms with Crippen molar-refractivity contribution in [1.29, 1.82) is 0 Å². The molecule has 11 nitrogen and oxygen atoms in total. The van der Waals surface area contributed by atoms with Gasteiger partial charge in [0, 0.05) is 6.61 Å². The summed E-state index contributed by atoms with van der Waals surface area (Å²) < 4.78 is 49.4. The Hall–Kier alpha value is -0.832. The summed E-state index contributed by atoms with van der Waals surface area (Å²) in [5.74, 6) is 0.0849. The van der Waals surface area contributed by atoms with E-state index in [1.165, 1.54) is 6.26 Å². The highest BCUT2D eigenvalue weighted by Gasteiger charge is 2.41. The average Bonchev–Trinajstić information content (AvgIpc) is 2.78. The SMILES string of the molecule is C=CO.C=COC(=C)OCC(O)COCCOCCOCCOCC.C[Si](C)(C)O[Si](C)(C)O[Si](C)(C)O[Si](C)(C)C. The maximum atomic E-state index is 9.56. The molecule has 0 spiro atoms. The molecule has 2 N–H and O–H groups in total.